The second-order valence-corrected chi connectivity index (χ2v) is 4.63. The van der Waals surface area contributed by atoms with E-state index in [0.717, 1.165) is 12.0 Å². The highest BCUT2D eigenvalue weighted by atomic mass is 16.5. The van der Waals surface area contributed by atoms with Gasteiger partial charge in [0.05, 0.1) is 11.8 Å². The molecular weight excluding hydrogens is 242 g/mol. The monoisotopic (exact) mass is 259 g/mol. The van der Waals surface area contributed by atoms with Crippen molar-refractivity contribution in [2.75, 3.05) is 0 Å². The number of hydrogen-bond donors (Lipinski definition) is 1. The van der Waals surface area contributed by atoms with Crippen molar-refractivity contribution in [2.24, 2.45) is 17.6 Å². The van der Waals surface area contributed by atoms with Gasteiger partial charge in [0.1, 0.15) is 6.61 Å². The molecule has 0 aromatic heterocycles. The van der Waals surface area contributed by atoms with Crippen molar-refractivity contribution in [2.45, 2.75) is 19.4 Å². The van der Waals surface area contributed by atoms with Gasteiger partial charge in [0.15, 0.2) is 0 Å². The van der Waals surface area contributed by atoms with E-state index in [0.29, 0.717) is 6.42 Å². The Hall–Kier alpha value is -2.10. The van der Waals surface area contributed by atoms with E-state index < -0.39 is 17.7 Å². The minimum Gasteiger partial charge on any atom is -0.460 e. The fourth-order valence-electron chi connectivity index (χ4n) is 2.22. The lowest BCUT2D eigenvalue weighted by atomic mass is 9.83. The average molecular weight is 259 g/mol. The second-order valence-electron chi connectivity index (χ2n) is 4.63. The first-order chi connectivity index (χ1) is 9.18. The molecule has 100 valence electrons. The number of nitrogens with two attached hydrogens (primary N) is 1. The van der Waals surface area contributed by atoms with E-state index in [1.165, 1.54) is 0 Å². The molecule has 19 heavy (non-hydrogen) atoms. The van der Waals surface area contributed by atoms with Crippen molar-refractivity contribution < 1.29 is 14.3 Å². The zero-order valence-electron chi connectivity index (χ0n) is 10.6. The summed E-state index contributed by atoms with van der Waals surface area (Å²) in [4.78, 5) is 23.3. The van der Waals surface area contributed by atoms with Gasteiger partial charge in [-0.2, -0.15) is 0 Å². The Labute approximate surface area is 112 Å². The molecule has 0 bridgehead atoms. The standard InChI is InChI=1S/C15H17NO3/c16-14(17)12-8-4-5-9-13(12)15(18)19-10-11-6-2-1-3-7-11/h1-3,5-7,9,12-13H,4,8,10H2,(H2,16,17). The summed E-state index contributed by atoms with van der Waals surface area (Å²) in [5.41, 5.74) is 6.24. The first-order valence-corrected chi connectivity index (χ1v) is 6.35. The third kappa shape index (κ3) is 3.44. The summed E-state index contributed by atoms with van der Waals surface area (Å²) in [5, 5.41) is 0. The first kappa shape index (κ1) is 13.3. The lowest BCUT2D eigenvalue weighted by Crippen LogP contribution is -2.35. The van der Waals surface area contributed by atoms with E-state index in [1.807, 2.05) is 36.4 Å². The molecule has 4 heteroatoms. The molecule has 0 aliphatic heterocycles. The number of esters is 1. The van der Waals surface area contributed by atoms with Gasteiger partial charge in [-0.25, -0.2) is 0 Å². The van der Waals surface area contributed by atoms with Crippen molar-refractivity contribution in [3.8, 4) is 0 Å². The van der Waals surface area contributed by atoms with Crippen molar-refractivity contribution in [3.05, 3.63) is 48.0 Å². The maximum absolute atomic E-state index is 12.0. The summed E-state index contributed by atoms with van der Waals surface area (Å²) >= 11 is 0. The van der Waals surface area contributed by atoms with Crippen LogP contribution in [-0.2, 0) is 20.9 Å². The summed E-state index contributed by atoms with van der Waals surface area (Å²) in [6.45, 7) is 0.218. The number of carbonyl (C=O) groups is 2. The Bertz CT molecular complexity index is 481. The van der Waals surface area contributed by atoms with Gasteiger partial charge in [-0.05, 0) is 18.4 Å². The summed E-state index contributed by atoms with van der Waals surface area (Å²) in [6.07, 6.45) is 5.01. The molecule has 1 aromatic carbocycles. The quantitative estimate of drug-likeness (QED) is 0.662. The molecule has 1 amide bonds. The second kappa shape index (κ2) is 6.18. The van der Waals surface area contributed by atoms with E-state index in [4.69, 9.17) is 10.5 Å². The van der Waals surface area contributed by atoms with Crippen LogP contribution in [0.3, 0.4) is 0 Å². The van der Waals surface area contributed by atoms with E-state index in [1.54, 1.807) is 6.08 Å². The van der Waals surface area contributed by atoms with Gasteiger partial charge in [-0.15, -0.1) is 0 Å². The number of rotatable bonds is 4. The van der Waals surface area contributed by atoms with Crippen molar-refractivity contribution >= 4 is 11.9 Å². The van der Waals surface area contributed by atoms with Crippen LogP contribution < -0.4 is 5.73 Å². The Kier molecular flexibility index (Phi) is 4.34. The predicted molar refractivity (Wildman–Crippen MR) is 70.8 cm³/mol. The smallest absolute Gasteiger partial charge is 0.313 e. The molecule has 0 saturated carbocycles. The van der Waals surface area contributed by atoms with Crippen LogP contribution in [0, 0.1) is 11.8 Å². The van der Waals surface area contributed by atoms with Gasteiger partial charge < -0.3 is 10.5 Å². The number of primary amides is 1. The van der Waals surface area contributed by atoms with Crippen LogP contribution in [0.25, 0.3) is 0 Å². The number of amides is 1. The predicted octanol–water partition coefficient (Wildman–Crippen LogP) is 1.80. The molecule has 2 rings (SSSR count). The molecule has 2 unspecified atom stereocenters. The molecule has 1 aromatic rings. The Balaban J connectivity index is 1.97. The fraction of sp³-hybridized carbons (Fsp3) is 0.333. The van der Waals surface area contributed by atoms with Crippen molar-refractivity contribution in [3.63, 3.8) is 0 Å². The third-order valence-electron chi connectivity index (χ3n) is 3.28. The molecule has 0 spiro atoms. The van der Waals surface area contributed by atoms with Gasteiger partial charge in [-0.3, -0.25) is 9.59 Å². The SMILES string of the molecule is NC(=O)C1CCC=CC1C(=O)OCc1ccccc1. The minimum atomic E-state index is -0.546. The highest BCUT2D eigenvalue weighted by molar-refractivity contribution is 5.85. The normalized spacial score (nSPS) is 21.9. The third-order valence-corrected chi connectivity index (χ3v) is 3.28. The van der Waals surface area contributed by atoms with Crippen molar-refractivity contribution in [1.29, 1.82) is 0 Å². The highest BCUT2D eigenvalue weighted by Crippen LogP contribution is 2.26. The molecular formula is C15H17NO3. The minimum absolute atomic E-state index is 0.218. The van der Waals surface area contributed by atoms with Crippen LogP contribution in [0.5, 0.6) is 0 Å². The average Bonchev–Trinajstić information content (AvgIpc) is 2.46. The molecule has 0 fully saturated rings. The maximum atomic E-state index is 12.0. The topological polar surface area (TPSA) is 69.4 Å². The summed E-state index contributed by atoms with van der Waals surface area (Å²) in [5.74, 6) is -1.82. The molecule has 0 radical (unpaired) electrons. The van der Waals surface area contributed by atoms with Gasteiger partial charge in [-0.1, -0.05) is 42.5 Å². The maximum Gasteiger partial charge on any atom is 0.313 e. The Morgan fingerprint density at radius 3 is 2.68 bits per heavy atom. The molecule has 0 saturated heterocycles. The zero-order valence-corrected chi connectivity index (χ0v) is 10.6. The van der Waals surface area contributed by atoms with Crippen LogP contribution in [0.2, 0.25) is 0 Å². The van der Waals surface area contributed by atoms with Gasteiger partial charge in [0.2, 0.25) is 5.91 Å². The lowest BCUT2D eigenvalue weighted by Gasteiger charge is -2.23. The Morgan fingerprint density at radius 2 is 2.00 bits per heavy atom. The zero-order chi connectivity index (χ0) is 13.7. The van der Waals surface area contributed by atoms with Gasteiger partial charge >= 0.3 is 5.97 Å². The van der Waals surface area contributed by atoms with Crippen molar-refractivity contribution in [1.82, 2.24) is 0 Å². The number of hydrogen-bond acceptors (Lipinski definition) is 3. The van der Waals surface area contributed by atoms with Crippen LogP contribution in [0.15, 0.2) is 42.5 Å². The van der Waals surface area contributed by atoms with Crippen LogP contribution >= 0.6 is 0 Å². The number of carbonyl (C=O) groups excluding carboxylic acids is 2. The van der Waals surface area contributed by atoms with Gasteiger partial charge in [0, 0.05) is 0 Å². The fourth-order valence-corrected chi connectivity index (χ4v) is 2.22. The molecule has 2 atom stereocenters. The Morgan fingerprint density at radius 1 is 1.26 bits per heavy atom. The lowest BCUT2D eigenvalue weighted by molar-refractivity contribution is -0.152. The number of ether oxygens (including phenoxy) is 1. The summed E-state index contributed by atoms with van der Waals surface area (Å²) < 4.78 is 5.25. The summed E-state index contributed by atoms with van der Waals surface area (Å²) in [7, 11) is 0. The molecule has 4 nitrogen and oxygen atoms in total. The van der Waals surface area contributed by atoms with E-state index in [-0.39, 0.29) is 12.6 Å². The molecule has 1 aliphatic carbocycles. The molecule has 2 N–H and O–H groups in total. The van der Waals surface area contributed by atoms with E-state index >= 15 is 0 Å². The van der Waals surface area contributed by atoms with Gasteiger partial charge in [0.25, 0.3) is 0 Å². The summed E-state index contributed by atoms with van der Waals surface area (Å²) in [6, 6.07) is 9.44. The first-order valence-electron chi connectivity index (χ1n) is 6.35. The van der Waals surface area contributed by atoms with Crippen LogP contribution in [0.4, 0.5) is 0 Å². The molecule has 0 heterocycles. The number of allylic oxidation sites excluding steroid dienone is 1. The van der Waals surface area contributed by atoms with E-state index in [9.17, 15) is 9.59 Å². The molecule has 1 aliphatic rings. The largest absolute Gasteiger partial charge is 0.460 e. The highest BCUT2D eigenvalue weighted by Gasteiger charge is 2.32. The number of benzene rings is 1. The van der Waals surface area contributed by atoms with E-state index in [2.05, 4.69) is 0 Å². The van der Waals surface area contributed by atoms with Crippen LogP contribution in [-0.4, -0.2) is 11.9 Å². The van der Waals surface area contributed by atoms with Crippen LogP contribution in [0.1, 0.15) is 18.4 Å².